The van der Waals surface area contributed by atoms with Gasteiger partial charge in [-0.05, 0) is 17.7 Å². The Kier molecular flexibility index (Phi) is 3.13. The summed E-state index contributed by atoms with van der Waals surface area (Å²) in [4.78, 5) is 4.31. The van der Waals surface area contributed by atoms with E-state index in [1.165, 1.54) is 12.1 Å². The normalized spacial score (nSPS) is 10.4. The molecule has 0 N–H and O–H groups in total. The molecule has 0 amide bonds. The maximum atomic E-state index is 12.9. The molecule has 2 aromatic carbocycles. The standard InChI is InChI=1S/C16H11FN2O/c1-11(12-7-9-14(17)10-8-12)16-18-15(19-20-16)13-5-3-2-4-6-13/h2-10H,1H2. The first kappa shape index (κ1) is 12.3. The number of nitrogens with zero attached hydrogens (tertiary/aromatic N) is 2. The summed E-state index contributed by atoms with van der Waals surface area (Å²) in [7, 11) is 0. The molecule has 0 fully saturated rings. The number of aromatic nitrogens is 2. The van der Waals surface area contributed by atoms with Gasteiger partial charge in [-0.25, -0.2) is 4.39 Å². The number of rotatable bonds is 3. The van der Waals surface area contributed by atoms with Gasteiger partial charge in [0.05, 0.1) is 0 Å². The van der Waals surface area contributed by atoms with E-state index in [0.717, 1.165) is 11.1 Å². The predicted molar refractivity (Wildman–Crippen MR) is 74.3 cm³/mol. The van der Waals surface area contributed by atoms with Gasteiger partial charge in [-0.2, -0.15) is 4.98 Å². The minimum Gasteiger partial charge on any atom is -0.334 e. The number of halogens is 1. The molecule has 0 atom stereocenters. The Morgan fingerprint density at radius 2 is 1.70 bits per heavy atom. The van der Waals surface area contributed by atoms with E-state index in [0.29, 0.717) is 17.3 Å². The predicted octanol–water partition coefficient (Wildman–Crippen LogP) is 3.94. The van der Waals surface area contributed by atoms with Crippen LogP contribution in [0.25, 0.3) is 17.0 Å². The molecule has 1 aromatic heterocycles. The summed E-state index contributed by atoms with van der Waals surface area (Å²) < 4.78 is 18.1. The van der Waals surface area contributed by atoms with E-state index in [9.17, 15) is 4.39 Å². The van der Waals surface area contributed by atoms with Crippen molar-refractivity contribution in [2.45, 2.75) is 0 Å². The van der Waals surface area contributed by atoms with Gasteiger partial charge >= 0.3 is 0 Å². The Morgan fingerprint density at radius 1 is 1.00 bits per heavy atom. The summed E-state index contributed by atoms with van der Waals surface area (Å²) in [6.45, 7) is 3.91. The molecule has 0 aliphatic heterocycles. The summed E-state index contributed by atoms with van der Waals surface area (Å²) >= 11 is 0. The minimum atomic E-state index is -0.294. The molecule has 0 saturated carbocycles. The van der Waals surface area contributed by atoms with Gasteiger partial charge in [-0.3, -0.25) is 0 Å². The lowest BCUT2D eigenvalue weighted by Gasteiger charge is -1.99. The van der Waals surface area contributed by atoms with Crippen molar-refractivity contribution in [2.24, 2.45) is 0 Å². The van der Waals surface area contributed by atoms with Crippen LogP contribution in [0.15, 0.2) is 65.7 Å². The Morgan fingerprint density at radius 3 is 2.40 bits per heavy atom. The van der Waals surface area contributed by atoms with E-state index in [1.807, 2.05) is 30.3 Å². The zero-order chi connectivity index (χ0) is 13.9. The van der Waals surface area contributed by atoms with Crippen LogP contribution in [0, 0.1) is 5.82 Å². The molecule has 0 unspecified atom stereocenters. The third-order valence-corrected chi connectivity index (χ3v) is 2.91. The van der Waals surface area contributed by atoms with Gasteiger partial charge in [0, 0.05) is 11.1 Å². The molecule has 4 heteroatoms. The molecule has 3 nitrogen and oxygen atoms in total. The van der Waals surface area contributed by atoms with E-state index < -0.39 is 0 Å². The van der Waals surface area contributed by atoms with Crippen molar-refractivity contribution >= 4 is 5.57 Å². The average Bonchev–Trinajstić information content (AvgIpc) is 2.98. The zero-order valence-electron chi connectivity index (χ0n) is 10.6. The van der Waals surface area contributed by atoms with Crippen LogP contribution in [0.1, 0.15) is 11.5 Å². The molecule has 3 rings (SSSR count). The molecule has 98 valence electrons. The number of hydrogen-bond acceptors (Lipinski definition) is 3. The van der Waals surface area contributed by atoms with Gasteiger partial charge in [-0.1, -0.05) is 54.2 Å². The second kappa shape index (κ2) is 5.09. The highest BCUT2D eigenvalue weighted by Crippen LogP contribution is 2.23. The van der Waals surface area contributed by atoms with Crippen molar-refractivity contribution in [3.63, 3.8) is 0 Å². The molecule has 0 saturated heterocycles. The molecule has 0 aliphatic rings. The molecule has 1 heterocycles. The van der Waals surface area contributed by atoms with Crippen molar-refractivity contribution in [2.75, 3.05) is 0 Å². The monoisotopic (exact) mass is 266 g/mol. The van der Waals surface area contributed by atoms with Crippen LogP contribution < -0.4 is 0 Å². The summed E-state index contributed by atoms with van der Waals surface area (Å²) in [5, 5.41) is 3.93. The van der Waals surface area contributed by atoms with Crippen LogP contribution in [-0.4, -0.2) is 10.1 Å². The second-order valence-electron chi connectivity index (χ2n) is 4.27. The van der Waals surface area contributed by atoms with E-state index in [1.54, 1.807) is 12.1 Å². The van der Waals surface area contributed by atoms with Gasteiger partial charge in [0.2, 0.25) is 5.82 Å². The van der Waals surface area contributed by atoms with Crippen molar-refractivity contribution in [1.82, 2.24) is 10.1 Å². The molecular formula is C16H11FN2O. The first-order valence-corrected chi connectivity index (χ1v) is 6.08. The largest absolute Gasteiger partial charge is 0.334 e. The van der Waals surface area contributed by atoms with E-state index >= 15 is 0 Å². The van der Waals surface area contributed by atoms with Crippen LogP contribution in [0.3, 0.4) is 0 Å². The highest BCUT2D eigenvalue weighted by molar-refractivity contribution is 5.74. The first-order valence-electron chi connectivity index (χ1n) is 6.08. The zero-order valence-corrected chi connectivity index (χ0v) is 10.6. The Hall–Kier alpha value is -2.75. The van der Waals surface area contributed by atoms with Gasteiger partial charge in [-0.15, -0.1) is 0 Å². The van der Waals surface area contributed by atoms with Crippen LogP contribution in [0.2, 0.25) is 0 Å². The van der Waals surface area contributed by atoms with Crippen LogP contribution in [0.5, 0.6) is 0 Å². The third kappa shape index (κ3) is 2.36. The molecule has 0 spiro atoms. The summed E-state index contributed by atoms with van der Waals surface area (Å²) in [6, 6.07) is 15.5. The highest BCUT2D eigenvalue weighted by atomic mass is 19.1. The van der Waals surface area contributed by atoms with Crippen molar-refractivity contribution in [3.8, 4) is 11.4 Å². The topological polar surface area (TPSA) is 38.9 Å². The van der Waals surface area contributed by atoms with Crippen LogP contribution in [0.4, 0.5) is 4.39 Å². The van der Waals surface area contributed by atoms with E-state index in [2.05, 4.69) is 16.7 Å². The quantitative estimate of drug-likeness (QED) is 0.720. The maximum Gasteiger partial charge on any atom is 0.258 e. The van der Waals surface area contributed by atoms with Crippen molar-refractivity contribution < 1.29 is 8.91 Å². The van der Waals surface area contributed by atoms with Crippen molar-refractivity contribution in [1.29, 1.82) is 0 Å². The van der Waals surface area contributed by atoms with Crippen LogP contribution in [-0.2, 0) is 0 Å². The SMILES string of the molecule is C=C(c1ccc(F)cc1)c1nc(-c2ccccc2)no1. The number of hydrogen-bond donors (Lipinski definition) is 0. The van der Waals surface area contributed by atoms with Gasteiger partial charge in [0.25, 0.3) is 5.89 Å². The second-order valence-corrected chi connectivity index (χ2v) is 4.27. The summed E-state index contributed by atoms with van der Waals surface area (Å²) in [5.41, 5.74) is 2.18. The van der Waals surface area contributed by atoms with Crippen molar-refractivity contribution in [3.05, 3.63) is 78.4 Å². The minimum absolute atomic E-state index is 0.294. The van der Waals surface area contributed by atoms with E-state index in [4.69, 9.17) is 4.52 Å². The van der Waals surface area contributed by atoms with Gasteiger partial charge in [0.15, 0.2) is 0 Å². The average molecular weight is 266 g/mol. The summed E-state index contributed by atoms with van der Waals surface area (Å²) in [6.07, 6.45) is 0. The fourth-order valence-electron chi connectivity index (χ4n) is 1.83. The Balaban J connectivity index is 1.90. The molecule has 3 aromatic rings. The third-order valence-electron chi connectivity index (χ3n) is 2.91. The molecular weight excluding hydrogens is 255 g/mol. The molecule has 20 heavy (non-hydrogen) atoms. The fraction of sp³-hybridized carbons (Fsp3) is 0. The fourth-order valence-corrected chi connectivity index (χ4v) is 1.83. The molecule has 0 bridgehead atoms. The molecule has 0 aliphatic carbocycles. The Labute approximate surface area is 115 Å². The highest BCUT2D eigenvalue weighted by Gasteiger charge is 2.12. The van der Waals surface area contributed by atoms with Gasteiger partial charge < -0.3 is 4.52 Å². The van der Waals surface area contributed by atoms with Crippen LogP contribution >= 0.6 is 0 Å². The molecule has 0 radical (unpaired) electrons. The first-order chi connectivity index (χ1) is 9.74. The van der Waals surface area contributed by atoms with Gasteiger partial charge in [0.1, 0.15) is 5.82 Å². The lowest BCUT2D eigenvalue weighted by atomic mass is 10.1. The van der Waals surface area contributed by atoms with E-state index in [-0.39, 0.29) is 5.82 Å². The smallest absolute Gasteiger partial charge is 0.258 e. The Bertz CT molecular complexity index is 733. The lowest BCUT2D eigenvalue weighted by Crippen LogP contribution is -1.87. The lowest BCUT2D eigenvalue weighted by molar-refractivity contribution is 0.409. The maximum absolute atomic E-state index is 12.9. The number of benzene rings is 2. The summed E-state index contributed by atoms with van der Waals surface area (Å²) in [5.74, 6) is 0.538.